The van der Waals surface area contributed by atoms with E-state index in [1.165, 1.54) is 4.91 Å². The van der Waals surface area contributed by atoms with Crippen LogP contribution in [0.1, 0.15) is 6.42 Å². The molecule has 0 fully saturated rings. The first-order valence-corrected chi connectivity index (χ1v) is 6.78. The predicted octanol–water partition coefficient (Wildman–Crippen LogP) is 3.75. The van der Waals surface area contributed by atoms with Crippen LogP contribution in [0.25, 0.3) is 0 Å². The molecule has 17 heavy (non-hydrogen) atoms. The zero-order valence-corrected chi connectivity index (χ0v) is 10.8. The van der Waals surface area contributed by atoms with Gasteiger partial charge in [0, 0.05) is 17.2 Å². The van der Waals surface area contributed by atoms with Gasteiger partial charge in [-0.25, -0.2) is 0 Å². The Labute approximate surface area is 108 Å². The van der Waals surface area contributed by atoms with E-state index in [1.807, 2.05) is 18.2 Å². The summed E-state index contributed by atoms with van der Waals surface area (Å²) in [4.78, 5) is 1.23. The summed E-state index contributed by atoms with van der Waals surface area (Å²) < 4.78 is 0. The van der Waals surface area contributed by atoms with Crippen LogP contribution >= 0.6 is 11.8 Å². The number of allylic oxidation sites excluding steroid dienone is 11. The average molecular weight is 245 g/mol. The third kappa shape index (κ3) is 7.61. The van der Waals surface area contributed by atoms with E-state index in [1.54, 1.807) is 11.8 Å². The summed E-state index contributed by atoms with van der Waals surface area (Å²) in [5.74, 6) is 0.950. The van der Waals surface area contributed by atoms with Crippen molar-refractivity contribution in [2.24, 2.45) is 5.73 Å². The molecule has 0 bridgehead atoms. The molecule has 0 heterocycles. The molecule has 2 heteroatoms. The molecule has 0 aromatic rings. The van der Waals surface area contributed by atoms with Crippen molar-refractivity contribution in [3.63, 3.8) is 0 Å². The first kappa shape index (κ1) is 13.8. The van der Waals surface area contributed by atoms with Gasteiger partial charge in [-0.2, -0.15) is 0 Å². The van der Waals surface area contributed by atoms with E-state index in [-0.39, 0.29) is 0 Å². The normalized spacial score (nSPS) is 28.6. The standard InChI is InChI=1S/C15H19NS/c16-13-14-17-15-11-9-7-5-3-1-2-4-6-8-10-12-15/h1-3,5-12H,4,13-14,16H2/b2-1-,5-3-,8-6-,9-7-,12-10+,15-11+. The van der Waals surface area contributed by atoms with Crippen LogP contribution in [0.15, 0.2) is 71.7 Å². The van der Waals surface area contributed by atoms with Crippen molar-refractivity contribution in [3.8, 4) is 0 Å². The van der Waals surface area contributed by atoms with Crippen molar-refractivity contribution in [2.45, 2.75) is 6.42 Å². The Balaban J connectivity index is 2.71. The molecule has 0 spiro atoms. The number of hydrogen-bond donors (Lipinski definition) is 1. The Bertz CT molecular complexity index is 370. The van der Waals surface area contributed by atoms with Crippen LogP contribution in [0.3, 0.4) is 0 Å². The average Bonchev–Trinajstić information content (AvgIpc) is 2.37. The van der Waals surface area contributed by atoms with Crippen molar-refractivity contribution < 1.29 is 0 Å². The maximum atomic E-state index is 5.51. The van der Waals surface area contributed by atoms with Gasteiger partial charge in [-0.05, 0) is 18.6 Å². The first-order valence-electron chi connectivity index (χ1n) is 5.79. The maximum Gasteiger partial charge on any atom is 0.0103 e. The highest BCUT2D eigenvalue weighted by Crippen LogP contribution is 2.16. The van der Waals surface area contributed by atoms with Crippen LogP contribution in [0.5, 0.6) is 0 Å². The van der Waals surface area contributed by atoms with Gasteiger partial charge in [0.05, 0.1) is 0 Å². The minimum atomic E-state index is 0.708. The molecule has 0 unspecified atom stereocenters. The highest BCUT2D eigenvalue weighted by Gasteiger charge is 1.90. The van der Waals surface area contributed by atoms with Crippen LogP contribution in [-0.2, 0) is 0 Å². The number of nitrogens with two attached hydrogens (primary N) is 1. The smallest absolute Gasteiger partial charge is 0.0103 e. The van der Waals surface area contributed by atoms with Gasteiger partial charge < -0.3 is 5.73 Å². The second kappa shape index (κ2) is 9.94. The summed E-state index contributed by atoms with van der Waals surface area (Å²) in [7, 11) is 0. The quantitative estimate of drug-likeness (QED) is 0.819. The molecule has 0 saturated heterocycles. The van der Waals surface area contributed by atoms with E-state index < -0.39 is 0 Å². The highest BCUT2D eigenvalue weighted by molar-refractivity contribution is 8.03. The van der Waals surface area contributed by atoms with Crippen molar-refractivity contribution in [3.05, 3.63) is 71.7 Å². The first-order chi connectivity index (χ1) is 8.43. The lowest BCUT2D eigenvalue weighted by atomic mass is 10.3. The molecule has 90 valence electrons. The van der Waals surface area contributed by atoms with Gasteiger partial charge in [0.25, 0.3) is 0 Å². The summed E-state index contributed by atoms with van der Waals surface area (Å²) in [5.41, 5.74) is 5.51. The summed E-state index contributed by atoms with van der Waals surface area (Å²) in [6.07, 6.45) is 23.8. The predicted molar refractivity (Wildman–Crippen MR) is 79.9 cm³/mol. The van der Waals surface area contributed by atoms with Gasteiger partial charge in [0.1, 0.15) is 0 Å². The lowest BCUT2D eigenvalue weighted by Gasteiger charge is -1.98. The second-order valence-electron chi connectivity index (χ2n) is 3.43. The molecule has 2 N–H and O–H groups in total. The Kier molecular flexibility index (Phi) is 8.08. The molecular formula is C15H19NS. The Hall–Kier alpha value is -1.25. The molecule has 0 saturated carbocycles. The van der Waals surface area contributed by atoms with Crippen LogP contribution in [0.4, 0.5) is 0 Å². The van der Waals surface area contributed by atoms with E-state index >= 15 is 0 Å². The molecule has 0 atom stereocenters. The third-order valence-corrected chi connectivity index (χ3v) is 3.05. The summed E-state index contributed by atoms with van der Waals surface area (Å²) in [5, 5.41) is 0. The maximum absolute atomic E-state index is 5.51. The van der Waals surface area contributed by atoms with Crippen LogP contribution in [0.2, 0.25) is 0 Å². The van der Waals surface area contributed by atoms with E-state index in [2.05, 4.69) is 48.6 Å². The fourth-order valence-corrected chi connectivity index (χ4v) is 1.92. The summed E-state index contributed by atoms with van der Waals surface area (Å²) in [6.45, 7) is 0.708. The number of thioether (sulfide) groups is 1. The van der Waals surface area contributed by atoms with Crippen molar-refractivity contribution in [2.75, 3.05) is 12.3 Å². The fourth-order valence-electron chi connectivity index (χ4n) is 1.21. The van der Waals surface area contributed by atoms with Crippen molar-refractivity contribution >= 4 is 11.8 Å². The Morgan fingerprint density at radius 1 is 0.941 bits per heavy atom. The Morgan fingerprint density at radius 3 is 2.47 bits per heavy atom. The van der Waals surface area contributed by atoms with Crippen LogP contribution in [-0.4, -0.2) is 12.3 Å². The molecule has 1 rings (SSSR count). The zero-order valence-electron chi connectivity index (χ0n) is 9.96. The van der Waals surface area contributed by atoms with Gasteiger partial charge in [-0.3, -0.25) is 0 Å². The van der Waals surface area contributed by atoms with Crippen LogP contribution < -0.4 is 5.73 Å². The molecule has 1 aliphatic rings. The monoisotopic (exact) mass is 245 g/mol. The Morgan fingerprint density at radius 2 is 1.65 bits per heavy atom. The summed E-state index contributed by atoms with van der Waals surface area (Å²) in [6, 6.07) is 0. The largest absolute Gasteiger partial charge is 0.330 e. The molecular weight excluding hydrogens is 226 g/mol. The van der Waals surface area contributed by atoms with E-state index in [4.69, 9.17) is 5.73 Å². The highest BCUT2D eigenvalue weighted by atomic mass is 32.2. The third-order valence-electron chi connectivity index (χ3n) is 2.01. The van der Waals surface area contributed by atoms with Crippen molar-refractivity contribution in [1.82, 2.24) is 0 Å². The van der Waals surface area contributed by atoms with Gasteiger partial charge in [0.15, 0.2) is 0 Å². The lowest BCUT2D eigenvalue weighted by Crippen LogP contribution is -2.00. The molecule has 0 aromatic carbocycles. The lowest BCUT2D eigenvalue weighted by molar-refractivity contribution is 1.15. The van der Waals surface area contributed by atoms with E-state index in [9.17, 15) is 0 Å². The summed E-state index contributed by atoms with van der Waals surface area (Å²) >= 11 is 1.78. The topological polar surface area (TPSA) is 26.0 Å². The fraction of sp³-hybridized carbons (Fsp3) is 0.200. The minimum absolute atomic E-state index is 0.708. The number of hydrogen-bond acceptors (Lipinski definition) is 2. The SMILES string of the molecule is NCCSC1=C/C=C\C=C/C=C\C/C=C\C=C\1. The van der Waals surface area contributed by atoms with Gasteiger partial charge in [0.2, 0.25) is 0 Å². The molecule has 0 aliphatic heterocycles. The molecule has 0 aromatic heterocycles. The zero-order chi connectivity index (χ0) is 12.2. The van der Waals surface area contributed by atoms with Gasteiger partial charge >= 0.3 is 0 Å². The van der Waals surface area contributed by atoms with Crippen LogP contribution in [0, 0.1) is 0 Å². The van der Waals surface area contributed by atoms with Gasteiger partial charge in [-0.1, -0.05) is 54.7 Å². The van der Waals surface area contributed by atoms with Gasteiger partial charge in [-0.15, -0.1) is 11.8 Å². The molecule has 1 aliphatic carbocycles. The van der Waals surface area contributed by atoms with E-state index in [0.717, 1.165) is 12.2 Å². The van der Waals surface area contributed by atoms with E-state index in [0.29, 0.717) is 6.54 Å². The van der Waals surface area contributed by atoms with Crippen molar-refractivity contribution in [1.29, 1.82) is 0 Å². The molecule has 0 radical (unpaired) electrons. The number of rotatable bonds is 3. The minimum Gasteiger partial charge on any atom is -0.330 e. The molecule has 0 amide bonds. The molecule has 1 nitrogen and oxygen atoms in total. The second-order valence-corrected chi connectivity index (χ2v) is 4.60.